The van der Waals surface area contributed by atoms with Gasteiger partial charge in [-0.1, -0.05) is 0 Å². The van der Waals surface area contributed by atoms with Gasteiger partial charge in [0.25, 0.3) is 5.91 Å². The lowest BCUT2D eigenvalue weighted by Gasteiger charge is -2.14. The maximum absolute atomic E-state index is 12.1. The van der Waals surface area contributed by atoms with Gasteiger partial charge in [-0.25, -0.2) is 4.79 Å². The Bertz CT molecular complexity index is 563. The van der Waals surface area contributed by atoms with Crippen LogP contribution in [0.5, 0.6) is 0 Å². The third-order valence-corrected chi connectivity index (χ3v) is 4.00. The van der Waals surface area contributed by atoms with Crippen LogP contribution in [0.1, 0.15) is 23.2 Å². The molecule has 0 saturated heterocycles. The maximum atomic E-state index is 12.1. The number of hydrogen-bond acceptors (Lipinski definition) is 4. The van der Waals surface area contributed by atoms with Gasteiger partial charge in [0.1, 0.15) is 6.04 Å². The molecule has 0 bridgehead atoms. The SMILES string of the molecule is COC(=O)CCC(NC(=O)c1cc(I)ccc1Br)C(=O)O. The quantitative estimate of drug-likeness (QED) is 0.492. The minimum absolute atomic E-state index is 0.0324. The number of amides is 1. The predicted octanol–water partition coefficient (Wildman–Crippen LogP) is 2.19. The average molecular weight is 470 g/mol. The van der Waals surface area contributed by atoms with Gasteiger partial charge < -0.3 is 15.2 Å². The summed E-state index contributed by atoms with van der Waals surface area (Å²) in [5.41, 5.74) is 0.339. The molecule has 1 rings (SSSR count). The molecule has 8 heteroatoms. The van der Waals surface area contributed by atoms with Crippen LogP contribution in [0.3, 0.4) is 0 Å². The number of ether oxygens (including phenoxy) is 1. The fourth-order valence-corrected chi connectivity index (χ4v) is 2.45. The summed E-state index contributed by atoms with van der Waals surface area (Å²) in [6.45, 7) is 0. The molecule has 0 heterocycles. The first-order chi connectivity index (χ1) is 9.85. The summed E-state index contributed by atoms with van der Waals surface area (Å²) in [5.74, 6) is -2.24. The van der Waals surface area contributed by atoms with Crippen molar-refractivity contribution < 1.29 is 24.2 Å². The Balaban J connectivity index is 2.79. The van der Waals surface area contributed by atoms with Gasteiger partial charge in [-0.05, 0) is 63.1 Å². The summed E-state index contributed by atoms with van der Waals surface area (Å²) in [6.07, 6.45) is -0.115. The van der Waals surface area contributed by atoms with E-state index in [0.717, 1.165) is 3.57 Å². The third kappa shape index (κ3) is 5.62. The third-order valence-electron chi connectivity index (χ3n) is 2.64. The van der Waals surface area contributed by atoms with Gasteiger partial charge in [-0.15, -0.1) is 0 Å². The molecule has 0 aliphatic rings. The second-order valence-corrected chi connectivity index (χ2v) is 6.20. The number of aliphatic carboxylic acids is 1. The molecule has 1 atom stereocenters. The fraction of sp³-hybridized carbons (Fsp3) is 0.308. The van der Waals surface area contributed by atoms with Crippen molar-refractivity contribution in [2.24, 2.45) is 0 Å². The van der Waals surface area contributed by atoms with Crippen LogP contribution in [0.25, 0.3) is 0 Å². The van der Waals surface area contributed by atoms with E-state index in [4.69, 9.17) is 5.11 Å². The summed E-state index contributed by atoms with van der Waals surface area (Å²) in [7, 11) is 1.22. The van der Waals surface area contributed by atoms with Crippen LogP contribution in [0.4, 0.5) is 0 Å². The van der Waals surface area contributed by atoms with E-state index in [9.17, 15) is 14.4 Å². The monoisotopic (exact) mass is 469 g/mol. The number of methoxy groups -OCH3 is 1. The molecule has 1 aromatic rings. The highest BCUT2D eigenvalue weighted by molar-refractivity contribution is 14.1. The number of carbonyl (C=O) groups excluding carboxylic acids is 2. The summed E-state index contributed by atoms with van der Waals surface area (Å²) in [5, 5.41) is 11.5. The summed E-state index contributed by atoms with van der Waals surface area (Å²) >= 11 is 5.30. The van der Waals surface area contributed by atoms with E-state index in [2.05, 4.69) is 48.6 Å². The molecule has 0 radical (unpaired) electrons. The molecule has 0 aliphatic heterocycles. The second-order valence-electron chi connectivity index (χ2n) is 4.10. The lowest BCUT2D eigenvalue weighted by atomic mass is 10.1. The highest BCUT2D eigenvalue weighted by Crippen LogP contribution is 2.19. The molecule has 2 N–H and O–H groups in total. The zero-order valence-corrected chi connectivity index (χ0v) is 14.8. The van der Waals surface area contributed by atoms with E-state index in [0.29, 0.717) is 10.0 Å². The van der Waals surface area contributed by atoms with Crippen molar-refractivity contribution in [2.75, 3.05) is 7.11 Å². The normalized spacial score (nSPS) is 11.6. The highest BCUT2D eigenvalue weighted by Gasteiger charge is 2.22. The fourth-order valence-electron chi connectivity index (χ4n) is 1.53. The first-order valence-corrected chi connectivity index (χ1v) is 7.78. The van der Waals surface area contributed by atoms with Gasteiger partial charge in [0.2, 0.25) is 0 Å². The number of hydrogen-bond donors (Lipinski definition) is 2. The Hall–Kier alpha value is -1.16. The molecular formula is C13H13BrINO5. The summed E-state index contributed by atoms with van der Waals surface area (Å²) in [6, 6.07) is 4.01. The first-order valence-electron chi connectivity index (χ1n) is 5.90. The van der Waals surface area contributed by atoms with Crippen LogP contribution >= 0.6 is 38.5 Å². The van der Waals surface area contributed by atoms with Crippen molar-refractivity contribution in [1.29, 1.82) is 0 Å². The Morgan fingerprint density at radius 3 is 2.67 bits per heavy atom. The van der Waals surface area contributed by atoms with Gasteiger partial charge in [0.15, 0.2) is 0 Å². The molecule has 0 aliphatic carbocycles. The van der Waals surface area contributed by atoms with E-state index in [-0.39, 0.29) is 12.8 Å². The second kappa shape index (κ2) is 8.32. The van der Waals surface area contributed by atoms with E-state index in [1.807, 2.05) is 6.07 Å². The average Bonchev–Trinajstić information content (AvgIpc) is 2.44. The van der Waals surface area contributed by atoms with E-state index >= 15 is 0 Å². The molecule has 1 amide bonds. The maximum Gasteiger partial charge on any atom is 0.326 e. The molecule has 21 heavy (non-hydrogen) atoms. The molecule has 6 nitrogen and oxygen atoms in total. The van der Waals surface area contributed by atoms with Gasteiger partial charge >= 0.3 is 11.9 Å². The minimum Gasteiger partial charge on any atom is -0.480 e. The van der Waals surface area contributed by atoms with E-state index in [1.54, 1.807) is 12.1 Å². The summed E-state index contributed by atoms with van der Waals surface area (Å²) < 4.78 is 5.87. The highest BCUT2D eigenvalue weighted by atomic mass is 127. The Kier molecular flexibility index (Phi) is 7.09. The van der Waals surface area contributed by atoms with Crippen molar-refractivity contribution in [1.82, 2.24) is 5.32 Å². The molecule has 0 fully saturated rings. The van der Waals surface area contributed by atoms with Crippen molar-refractivity contribution >= 4 is 56.4 Å². The van der Waals surface area contributed by atoms with Crippen LogP contribution in [0.2, 0.25) is 0 Å². The van der Waals surface area contributed by atoms with Crippen molar-refractivity contribution in [3.05, 3.63) is 31.8 Å². The zero-order valence-electron chi connectivity index (χ0n) is 11.1. The van der Waals surface area contributed by atoms with Crippen LogP contribution in [-0.2, 0) is 14.3 Å². The predicted molar refractivity (Wildman–Crippen MR) is 87.0 cm³/mol. The number of halogens is 2. The molecule has 114 valence electrons. The molecule has 1 unspecified atom stereocenters. The van der Waals surface area contributed by atoms with E-state index < -0.39 is 23.9 Å². The van der Waals surface area contributed by atoms with Gasteiger partial charge in [-0.2, -0.15) is 0 Å². The van der Waals surface area contributed by atoms with Crippen molar-refractivity contribution in [2.45, 2.75) is 18.9 Å². The van der Waals surface area contributed by atoms with Crippen molar-refractivity contribution in [3.63, 3.8) is 0 Å². The Morgan fingerprint density at radius 2 is 2.10 bits per heavy atom. The van der Waals surface area contributed by atoms with Gasteiger partial charge in [-0.3, -0.25) is 9.59 Å². The number of carboxylic acids is 1. The number of carboxylic acid groups (broad SMARTS) is 1. The lowest BCUT2D eigenvalue weighted by molar-refractivity contribution is -0.142. The molecule has 0 spiro atoms. The standard InChI is InChI=1S/C13H13BrINO5/c1-21-11(17)5-4-10(13(19)20)16-12(18)8-6-7(15)2-3-9(8)14/h2-3,6,10H,4-5H2,1H3,(H,16,18)(H,19,20). The first kappa shape index (κ1) is 17.9. The van der Waals surface area contributed by atoms with E-state index in [1.165, 1.54) is 7.11 Å². The molecule has 0 aromatic heterocycles. The van der Waals surface area contributed by atoms with Crippen LogP contribution in [-0.4, -0.2) is 36.1 Å². The number of rotatable bonds is 6. The van der Waals surface area contributed by atoms with Gasteiger partial charge in [0, 0.05) is 14.5 Å². The topological polar surface area (TPSA) is 92.7 Å². The van der Waals surface area contributed by atoms with Crippen LogP contribution in [0.15, 0.2) is 22.7 Å². The summed E-state index contributed by atoms with van der Waals surface area (Å²) in [4.78, 5) is 34.3. The number of carbonyl (C=O) groups is 3. The minimum atomic E-state index is -1.20. The zero-order chi connectivity index (χ0) is 16.0. The lowest BCUT2D eigenvalue weighted by Crippen LogP contribution is -2.41. The van der Waals surface area contributed by atoms with Crippen LogP contribution < -0.4 is 5.32 Å². The van der Waals surface area contributed by atoms with Gasteiger partial charge in [0.05, 0.1) is 12.7 Å². The molecule has 1 aromatic carbocycles. The van der Waals surface area contributed by atoms with Crippen LogP contribution in [0, 0.1) is 3.57 Å². The molecular weight excluding hydrogens is 457 g/mol. The Morgan fingerprint density at radius 1 is 1.43 bits per heavy atom. The van der Waals surface area contributed by atoms with Crippen molar-refractivity contribution in [3.8, 4) is 0 Å². The Labute approximate surface area is 143 Å². The molecule has 0 saturated carbocycles. The smallest absolute Gasteiger partial charge is 0.326 e. The number of nitrogens with one attached hydrogen (secondary N) is 1. The number of benzene rings is 1. The largest absolute Gasteiger partial charge is 0.480 e. The number of esters is 1.